The number of esters is 4. The molecule has 0 aromatic rings. The molecule has 0 rings (SSSR count). The molecule has 0 heterocycles. The van der Waals surface area contributed by atoms with Gasteiger partial charge in [0.05, 0.1) is 26.4 Å². The summed E-state index contributed by atoms with van der Waals surface area (Å²) in [6, 6.07) is 0. The predicted molar refractivity (Wildman–Crippen MR) is 368 cm³/mol. The Labute approximate surface area is 556 Å². The lowest BCUT2D eigenvalue weighted by atomic mass is 10.0. The fraction of sp³-hybridized carbons (Fsp3) is 0.944. The van der Waals surface area contributed by atoms with Gasteiger partial charge in [0.15, 0.2) is 12.2 Å². The highest BCUT2D eigenvalue weighted by molar-refractivity contribution is 7.47. The Bertz CT molecular complexity index is 1770. The average Bonchev–Trinajstić information content (AvgIpc) is 3.59. The average molecular weight is 1340 g/mol. The quantitative estimate of drug-likeness (QED) is 0.0222. The summed E-state index contributed by atoms with van der Waals surface area (Å²) in [6.45, 7) is 9.55. The summed E-state index contributed by atoms with van der Waals surface area (Å²) in [6.07, 6.45) is 50.0. The van der Waals surface area contributed by atoms with Crippen LogP contribution in [0.4, 0.5) is 0 Å². The summed E-state index contributed by atoms with van der Waals surface area (Å²) in [7, 11) is -9.90. The molecule has 2 unspecified atom stereocenters. The highest BCUT2D eigenvalue weighted by Crippen LogP contribution is 2.45. The van der Waals surface area contributed by atoms with Crippen molar-refractivity contribution >= 4 is 39.5 Å². The Hall–Kier alpha value is -1.94. The molecule has 0 aliphatic heterocycles. The van der Waals surface area contributed by atoms with Crippen LogP contribution in [0, 0.1) is 11.8 Å². The van der Waals surface area contributed by atoms with Crippen LogP contribution >= 0.6 is 15.6 Å². The van der Waals surface area contributed by atoms with Crippen LogP contribution in [0.3, 0.4) is 0 Å². The van der Waals surface area contributed by atoms with E-state index in [1.165, 1.54) is 173 Å². The lowest BCUT2D eigenvalue weighted by molar-refractivity contribution is -0.161. The third kappa shape index (κ3) is 66.5. The first kappa shape index (κ1) is 89.1. The molecule has 0 aromatic heterocycles. The summed E-state index contributed by atoms with van der Waals surface area (Å²) < 4.78 is 68.3. The smallest absolute Gasteiger partial charge is 0.462 e. The first-order valence-corrected chi connectivity index (χ1v) is 40.5. The van der Waals surface area contributed by atoms with E-state index in [0.29, 0.717) is 25.7 Å². The summed E-state index contributed by atoms with van der Waals surface area (Å²) in [5, 5.41) is 10.6. The van der Waals surface area contributed by atoms with Crippen molar-refractivity contribution in [3.8, 4) is 0 Å². The second-order valence-corrected chi connectivity index (χ2v) is 29.8. The Morgan fingerprint density at radius 1 is 0.297 bits per heavy atom. The Morgan fingerprint density at radius 2 is 0.505 bits per heavy atom. The standard InChI is InChI=1S/C72H140O17P2/c1-7-9-11-13-15-16-17-21-25-32-38-44-50-56-71(76)88-67(60-82-69(74)54-48-42-34-14-12-10-8-2)62-86-90(78,79)84-58-66(73)59-85-91(80,81)87-63-68(61-83-70(75)55-49-43-37-31-28-27-30-36-41-47-53-65(5)6)89-72(77)57-51-45-39-33-26-23-20-18-19-22-24-29-35-40-46-52-64(3)4/h64-68,73H,7-63H2,1-6H3,(H,78,79)(H,80,81)/t66-,67+,68+/m0/s1. The van der Waals surface area contributed by atoms with Gasteiger partial charge in [-0.15, -0.1) is 0 Å². The molecule has 0 aromatic carbocycles. The largest absolute Gasteiger partial charge is 0.472 e. The van der Waals surface area contributed by atoms with Gasteiger partial charge in [-0.2, -0.15) is 0 Å². The fourth-order valence-electron chi connectivity index (χ4n) is 10.9. The SMILES string of the molecule is CCCCCCCCCCCCCCCC(=O)O[C@H](COC(=O)CCCCCCCCC)COP(=O)(O)OC[C@H](O)COP(=O)(O)OC[C@@H](COC(=O)CCCCCCCCCCCCC(C)C)OC(=O)CCCCCCCCCCCCCCCCCC(C)C. The van der Waals surface area contributed by atoms with Crippen molar-refractivity contribution in [2.75, 3.05) is 39.6 Å². The van der Waals surface area contributed by atoms with Crippen LogP contribution < -0.4 is 0 Å². The number of unbranched alkanes of at least 4 members (excludes halogenated alkanes) is 41. The molecule has 0 amide bonds. The Morgan fingerprint density at radius 3 is 0.747 bits per heavy atom. The first-order chi connectivity index (χ1) is 43.9. The summed E-state index contributed by atoms with van der Waals surface area (Å²) in [4.78, 5) is 72.5. The molecule has 0 spiro atoms. The molecule has 0 fully saturated rings. The van der Waals surface area contributed by atoms with Gasteiger partial charge in [-0.25, -0.2) is 9.13 Å². The lowest BCUT2D eigenvalue weighted by Gasteiger charge is -2.21. The maximum absolute atomic E-state index is 13.0. The van der Waals surface area contributed by atoms with E-state index in [1.54, 1.807) is 0 Å². The number of ether oxygens (including phenoxy) is 4. The highest BCUT2D eigenvalue weighted by Gasteiger charge is 2.30. The zero-order chi connectivity index (χ0) is 67.2. The van der Waals surface area contributed by atoms with Gasteiger partial charge in [0.25, 0.3) is 0 Å². The molecule has 0 bridgehead atoms. The van der Waals surface area contributed by atoms with Gasteiger partial charge in [0.1, 0.15) is 19.3 Å². The number of hydrogen-bond donors (Lipinski definition) is 3. The Kier molecular flexibility index (Phi) is 62.7. The molecular formula is C72H140O17P2. The normalized spacial score (nSPS) is 14.1. The molecule has 5 atom stereocenters. The maximum Gasteiger partial charge on any atom is 0.472 e. The van der Waals surface area contributed by atoms with E-state index >= 15 is 0 Å². The van der Waals surface area contributed by atoms with E-state index < -0.39 is 97.5 Å². The molecule has 0 aliphatic rings. The van der Waals surface area contributed by atoms with Crippen molar-refractivity contribution in [2.24, 2.45) is 11.8 Å². The number of aliphatic hydroxyl groups excluding tert-OH is 1. The van der Waals surface area contributed by atoms with E-state index in [-0.39, 0.29) is 25.7 Å². The number of carbonyl (C=O) groups is 4. The van der Waals surface area contributed by atoms with Crippen molar-refractivity contribution in [1.29, 1.82) is 0 Å². The van der Waals surface area contributed by atoms with Crippen LogP contribution in [0.5, 0.6) is 0 Å². The van der Waals surface area contributed by atoms with Crippen molar-refractivity contribution in [3.63, 3.8) is 0 Å². The number of phosphoric ester groups is 2. The van der Waals surface area contributed by atoms with E-state index in [1.807, 2.05) is 0 Å². The van der Waals surface area contributed by atoms with Gasteiger partial charge in [-0.05, 0) is 37.5 Å². The molecule has 0 radical (unpaired) electrons. The van der Waals surface area contributed by atoms with Gasteiger partial charge in [0, 0.05) is 25.7 Å². The van der Waals surface area contributed by atoms with Gasteiger partial charge in [-0.3, -0.25) is 37.3 Å². The number of phosphoric acid groups is 2. The molecule has 0 saturated heterocycles. The summed E-state index contributed by atoms with van der Waals surface area (Å²) >= 11 is 0. The van der Waals surface area contributed by atoms with Crippen LogP contribution in [-0.4, -0.2) is 96.7 Å². The van der Waals surface area contributed by atoms with E-state index in [2.05, 4.69) is 41.5 Å². The van der Waals surface area contributed by atoms with E-state index in [0.717, 1.165) is 115 Å². The van der Waals surface area contributed by atoms with Crippen LogP contribution in [-0.2, 0) is 65.4 Å². The van der Waals surface area contributed by atoms with Crippen LogP contribution in [0.1, 0.15) is 369 Å². The maximum atomic E-state index is 13.0. The first-order valence-electron chi connectivity index (χ1n) is 37.5. The molecule has 19 heteroatoms. The minimum atomic E-state index is -4.95. The molecular weight excluding hydrogens is 1200 g/mol. The van der Waals surface area contributed by atoms with Crippen molar-refractivity contribution in [3.05, 3.63) is 0 Å². The van der Waals surface area contributed by atoms with Crippen molar-refractivity contribution in [2.45, 2.75) is 387 Å². The van der Waals surface area contributed by atoms with Crippen LogP contribution in [0.15, 0.2) is 0 Å². The zero-order valence-corrected chi connectivity index (χ0v) is 60.9. The molecule has 0 saturated carbocycles. The highest BCUT2D eigenvalue weighted by atomic mass is 31.2. The molecule has 540 valence electrons. The summed E-state index contributed by atoms with van der Waals surface area (Å²) in [5.74, 6) is -0.563. The third-order valence-corrected chi connectivity index (χ3v) is 18.6. The summed E-state index contributed by atoms with van der Waals surface area (Å²) in [5.41, 5.74) is 0. The van der Waals surface area contributed by atoms with Crippen LogP contribution in [0.25, 0.3) is 0 Å². The monoisotopic (exact) mass is 1340 g/mol. The molecule has 3 N–H and O–H groups in total. The van der Waals surface area contributed by atoms with Crippen molar-refractivity contribution < 1.29 is 80.2 Å². The lowest BCUT2D eigenvalue weighted by Crippen LogP contribution is -2.30. The number of hydrogen-bond acceptors (Lipinski definition) is 15. The van der Waals surface area contributed by atoms with Crippen molar-refractivity contribution in [1.82, 2.24) is 0 Å². The number of carbonyl (C=O) groups excluding carboxylic acids is 4. The topological polar surface area (TPSA) is 237 Å². The second kappa shape index (κ2) is 64.1. The van der Waals surface area contributed by atoms with E-state index in [9.17, 15) is 43.2 Å². The van der Waals surface area contributed by atoms with E-state index in [4.69, 9.17) is 37.0 Å². The van der Waals surface area contributed by atoms with Crippen LogP contribution in [0.2, 0.25) is 0 Å². The molecule has 91 heavy (non-hydrogen) atoms. The molecule has 0 aliphatic carbocycles. The second-order valence-electron chi connectivity index (χ2n) is 26.9. The van der Waals surface area contributed by atoms with Gasteiger partial charge in [0.2, 0.25) is 0 Å². The Balaban J connectivity index is 5.19. The minimum absolute atomic E-state index is 0.107. The van der Waals surface area contributed by atoms with Gasteiger partial charge < -0.3 is 33.8 Å². The number of rotatable bonds is 71. The molecule has 17 nitrogen and oxygen atoms in total. The van der Waals surface area contributed by atoms with Gasteiger partial charge >= 0.3 is 39.5 Å². The predicted octanol–water partition coefficient (Wildman–Crippen LogP) is 20.8. The third-order valence-electron chi connectivity index (χ3n) is 16.7. The van der Waals surface area contributed by atoms with Gasteiger partial charge in [-0.1, -0.05) is 318 Å². The number of aliphatic hydroxyl groups is 1. The fourth-order valence-corrected chi connectivity index (χ4v) is 12.5. The minimum Gasteiger partial charge on any atom is -0.462 e. The zero-order valence-electron chi connectivity index (χ0n) is 59.1.